The van der Waals surface area contributed by atoms with E-state index in [9.17, 15) is 9.59 Å². The van der Waals surface area contributed by atoms with Crippen molar-refractivity contribution in [3.8, 4) is 5.75 Å². The fraction of sp³-hybridized carbons (Fsp3) is 0.462. The van der Waals surface area contributed by atoms with E-state index < -0.39 is 23.8 Å². The first-order valence-electron chi connectivity index (χ1n) is 11.1. The van der Waals surface area contributed by atoms with Crippen LogP contribution in [0.1, 0.15) is 83.0 Å². The van der Waals surface area contributed by atoms with Crippen LogP contribution < -0.4 is 15.4 Å². The molecule has 1 atom stereocenters. The van der Waals surface area contributed by atoms with Gasteiger partial charge < -0.3 is 20.1 Å². The van der Waals surface area contributed by atoms with E-state index in [0.29, 0.717) is 5.75 Å². The van der Waals surface area contributed by atoms with Crippen molar-refractivity contribution >= 4 is 12.2 Å². The van der Waals surface area contributed by atoms with Crippen LogP contribution in [-0.2, 0) is 4.74 Å². The van der Waals surface area contributed by atoms with Crippen LogP contribution in [0.3, 0.4) is 0 Å². The maximum atomic E-state index is 12.7. The Hall–Kier alpha value is -3.02. The van der Waals surface area contributed by atoms with Crippen molar-refractivity contribution in [1.82, 2.24) is 10.6 Å². The molecule has 0 saturated heterocycles. The highest BCUT2D eigenvalue weighted by molar-refractivity contribution is 5.72. The lowest BCUT2D eigenvalue weighted by atomic mass is 9.94. The fourth-order valence-corrected chi connectivity index (χ4v) is 3.30. The van der Waals surface area contributed by atoms with Gasteiger partial charge >= 0.3 is 12.2 Å². The van der Waals surface area contributed by atoms with Crippen LogP contribution in [0.4, 0.5) is 9.59 Å². The van der Waals surface area contributed by atoms with E-state index >= 15 is 0 Å². The van der Waals surface area contributed by atoms with Crippen LogP contribution in [0.2, 0.25) is 0 Å². The molecule has 0 bridgehead atoms. The maximum Gasteiger partial charge on any atom is 0.412 e. The molecule has 0 radical (unpaired) electrons. The molecule has 6 nitrogen and oxygen atoms in total. The molecule has 0 aliphatic carbocycles. The quantitative estimate of drug-likeness (QED) is 0.531. The molecular formula is C26H36N2O4. The zero-order chi connectivity index (χ0) is 23.9. The molecule has 2 N–H and O–H groups in total. The van der Waals surface area contributed by atoms with Gasteiger partial charge in [-0.2, -0.15) is 0 Å². The minimum atomic E-state index is -0.620. The summed E-state index contributed by atoms with van der Waals surface area (Å²) in [5.41, 5.74) is 2.20. The number of ether oxygens (including phenoxy) is 2. The van der Waals surface area contributed by atoms with Gasteiger partial charge in [-0.05, 0) is 49.3 Å². The second kappa shape index (κ2) is 11.0. The van der Waals surface area contributed by atoms with E-state index in [0.717, 1.165) is 16.7 Å². The average Bonchev–Trinajstić information content (AvgIpc) is 2.70. The van der Waals surface area contributed by atoms with Crippen molar-refractivity contribution in [3.05, 3.63) is 65.2 Å². The Kier molecular flexibility index (Phi) is 8.70. The fourth-order valence-electron chi connectivity index (χ4n) is 3.30. The summed E-state index contributed by atoms with van der Waals surface area (Å²) in [7, 11) is 0. The van der Waals surface area contributed by atoms with Crippen LogP contribution in [0.15, 0.2) is 48.5 Å². The van der Waals surface area contributed by atoms with Crippen molar-refractivity contribution in [2.75, 3.05) is 6.54 Å². The number of hydrogen-bond acceptors (Lipinski definition) is 4. The number of carbonyl (C=O) groups excluding carboxylic acids is 2. The monoisotopic (exact) mass is 440 g/mol. The summed E-state index contributed by atoms with van der Waals surface area (Å²) in [4.78, 5) is 25.1. The molecule has 0 aliphatic rings. The SMILES string of the molecule is CC(C)c1cccc(C(C)C)c1OC(=O)NC[C@H](NC(=O)OC(C)(C)C)c1ccccc1. The molecule has 0 aromatic heterocycles. The Morgan fingerprint density at radius 1 is 0.844 bits per heavy atom. The molecule has 0 fully saturated rings. The van der Waals surface area contributed by atoms with Crippen molar-refractivity contribution < 1.29 is 19.1 Å². The summed E-state index contributed by atoms with van der Waals surface area (Å²) in [6.45, 7) is 13.8. The third-order valence-electron chi connectivity index (χ3n) is 4.86. The minimum Gasteiger partial charge on any atom is -0.444 e. The second-order valence-electron chi connectivity index (χ2n) is 9.45. The van der Waals surface area contributed by atoms with Gasteiger partial charge in [0, 0.05) is 6.54 Å². The average molecular weight is 441 g/mol. The Labute approximate surface area is 191 Å². The molecule has 0 heterocycles. The predicted octanol–water partition coefficient (Wildman–Crippen LogP) is 6.29. The largest absolute Gasteiger partial charge is 0.444 e. The lowest BCUT2D eigenvalue weighted by molar-refractivity contribution is 0.0502. The van der Waals surface area contributed by atoms with E-state index in [1.807, 2.05) is 48.5 Å². The summed E-state index contributed by atoms with van der Waals surface area (Å²) in [6, 6.07) is 14.9. The first-order valence-corrected chi connectivity index (χ1v) is 11.1. The molecular weight excluding hydrogens is 404 g/mol. The van der Waals surface area contributed by atoms with E-state index in [1.54, 1.807) is 20.8 Å². The van der Waals surface area contributed by atoms with Crippen LogP contribution in [-0.4, -0.2) is 24.3 Å². The summed E-state index contributed by atoms with van der Waals surface area (Å²) in [5, 5.41) is 5.64. The Morgan fingerprint density at radius 3 is 1.91 bits per heavy atom. The predicted molar refractivity (Wildman–Crippen MR) is 127 cm³/mol. The molecule has 2 aromatic rings. The van der Waals surface area contributed by atoms with Crippen LogP contribution in [0.25, 0.3) is 0 Å². The number of benzene rings is 2. The van der Waals surface area contributed by atoms with Gasteiger partial charge in [0.05, 0.1) is 6.04 Å². The number of rotatable bonds is 7. The summed E-state index contributed by atoms with van der Waals surface area (Å²) in [6.07, 6.45) is -1.11. The molecule has 2 amide bonds. The molecule has 0 saturated carbocycles. The Balaban J connectivity index is 2.15. The Bertz CT molecular complexity index is 876. The van der Waals surface area contributed by atoms with Crippen molar-refractivity contribution in [3.63, 3.8) is 0 Å². The van der Waals surface area contributed by atoms with Gasteiger partial charge in [0.25, 0.3) is 0 Å². The zero-order valence-corrected chi connectivity index (χ0v) is 20.2. The van der Waals surface area contributed by atoms with Gasteiger partial charge in [-0.15, -0.1) is 0 Å². The Morgan fingerprint density at radius 2 is 1.41 bits per heavy atom. The van der Waals surface area contributed by atoms with E-state index in [1.165, 1.54) is 0 Å². The molecule has 2 aromatic carbocycles. The molecule has 0 aliphatic heterocycles. The standard InChI is InChI=1S/C26H36N2O4/c1-17(2)20-14-11-15-21(18(3)4)23(20)31-24(29)27-16-22(19-12-9-8-10-13-19)28-25(30)32-26(5,6)7/h8-15,17-18,22H,16H2,1-7H3,(H,27,29)(H,28,30)/t22-/m0/s1. The van der Waals surface area contributed by atoms with Crippen LogP contribution in [0.5, 0.6) is 5.75 Å². The smallest absolute Gasteiger partial charge is 0.412 e. The van der Waals surface area contributed by atoms with Gasteiger partial charge in [0.15, 0.2) is 0 Å². The number of hydrogen-bond donors (Lipinski definition) is 2. The molecule has 2 rings (SSSR count). The maximum absolute atomic E-state index is 12.7. The van der Waals surface area contributed by atoms with Crippen molar-refractivity contribution in [2.24, 2.45) is 0 Å². The molecule has 0 spiro atoms. The summed E-state index contributed by atoms with van der Waals surface area (Å²) in [5.74, 6) is 1.02. The van der Waals surface area contributed by atoms with Crippen LogP contribution in [0, 0.1) is 0 Å². The van der Waals surface area contributed by atoms with Gasteiger partial charge in [-0.3, -0.25) is 0 Å². The molecule has 6 heteroatoms. The lowest BCUT2D eigenvalue weighted by Gasteiger charge is -2.24. The minimum absolute atomic E-state index is 0.156. The number of carbonyl (C=O) groups is 2. The van der Waals surface area contributed by atoms with Crippen molar-refractivity contribution in [1.29, 1.82) is 0 Å². The molecule has 174 valence electrons. The zero-order valence-electron chi connectivity index (χ0n) is 20.2. The van der Waals surface area contributed by atoms with Gasteiger partial charge in [-0.1, -0.05) is 76.2 Å². The number of amides is 2. The summed E-state index contributed by atoms with van der Waals surface area (Å²) >= 11 is 0. The third-order valence-corrected chi connectivity index (χ3v) is 4.86. The van der Waals surface area contributed by atoms with Crippen molar-refractivity contribution in [2.45, 2.75) is 71.9 Å². The normalized spacial score (nSPS) is 12.4. The number of nitrogens with one attached hydrogen (secondary N) is 2. The van der Waals surface area contributed by atoms with E-state index in [-0.39, 0.29) is 18.4 Å². The number of alkyl carbamates (subject to hydrolysis) is 1. The van der Waals surface area contributed by atoms with Crippen LogP contribution >= 0.6 is 0 Å². The lowest BCUT2D eigenvalue weighted by Crippen LogP contribution is -2.41. The first kappa shape index (κ1) is 25.2. The van der Waals surface area contributed by atoms with Gasteiger partial charge in [0.1, 0.15) is 11.4 Å². The molecule has 0 unspecified atom stereocenters. The summed E-state index contributed by atoms with van der Waals surface area (Å²) < 4.78 is 11.2. The van der Waals surface area contributed by atoms with Gasteiger partial charge in [0.2, 0.25) is 0 Å². The molecule has 32 heavy (non-hydrogen) atoms. The third kappa shape index (κ3) is 7.59. The topological polar surface area (TPSA) is 76.7 Å². The second-order valence-corrected chi connectivity index (χ2v) is 9.45. The highest BCUT2D eigenvalue weighted by Gasteiger charge is 2.22. The van der Waals surface area contributed by atoms with E-state index in [2.05, 4.69) is 38.3 Å². The highest BCUT2D eigenvalue weighted by Crippen LogP contribution is 2.34. The first-order chi connectivity index (χ1) is 15.0. The number of para-hydroxylation sites is 1. The van der Waals surface area contributed by atoms with Gasteiger partial charge in [-0.25, -0.2) is 9.59 Å². The highest BCUT2D eigenvalue weighted by atomic mass is 16.6. The van der Waals surface area contributed by atoms with E-state index in [4.69, 9.17) is 9.47 Å².